The first-order valence-corrected chi connectivity index (χ1v) is 9.37. The molecule has 0 aliphatic rings. The Labute approximate surface area is 161 Å². The Hall–Kier alpha value is -2.37. The predicted octanol–water partition coefficient (Wildman–Crippen LogP) is 3.03. The number of nitrogens with one attached hydrogen (secondary N) is 1. The molecule has 0 saturated carbocycles. The minimum Gasteiger partial charge on any atom is -0.493 e. The summed E-state index contributed by atoms with van der Waals surface area (Å²) in [7, 11) is 0. The van der Waals surface area contributed by atoms with E-state index in [1.807, 2.05) is 43.3 Å². The first-order chi connectivity index (χ1) is 13.0. The fourth-order valence-corrected chi connectivity index (χ4v) is 2.99. The third-order valence-corrected chi connectivity index (χ3v) is 4.25. The molecule has 1 amide bonds. The van der Waals surface area contributed by atoms with Gasteiger partial charge in [0.05, 0.1) is 25.9 Å². The highest BCUT2D eigenvalue weighted by molar-refractivity contribution is 5.96. The molecule has 3 N–H and O–H groups in total. The average Bonchev–Trinajstić information content (AvgIpc) is 2.66. The largest absolute Gasteiger partial charge is 0.493 e. The highest BCUT2D eigenvalue weighted by Crippen LogP contribution is 2.32. The van der Waals surface area contributed by atoms with Gasteiger partial charge in [-0.05, 0) is 42.5 Å². The van der Waals surface area contributed by atoms with E-state index < -0.39 is 6.04 Å². The second kappa shape index (κ2) is 10.1. The molecule has 0 radical (unpaired) electrons. The van der Waals surface area contributed by atoms with E-state index >= 15 is 0 Å². The van der Waals surface area contributed by atoms with Gasteiger partial charge in [0.25, 0.3) is 5.91 Å². The van der Waals surface area contributed by atoms with Gasteiger partial charge in [-0.2, -0.15) is 0 Å². The lowest BCUT2D eigenvalue weighted by Gasteiger charge is -2.18. The number of para-hydroxylation sites is 1. The second-order valence-corrected chi connectivity index (χ2v) is 6.93. The number of carbonyl (C=O) groups is 1. The van der Waals surface area contributed by atoms with Crippen LogP contribution in [0.2, 0.25) is 0 Å². The van der Waals surface area contributed by atoms with Crippen molar-refractivity contribution in [2.45, 2.75) is 33.2 Å². The molecule has 0 aliphatic carbocycles. The van der Waals surface area contributed by atoms with Gasteiger partial charge < -0.3 is 20.3 Å². The third kappa shape index (κ3) is 5.55. The van der Waals surface area contributed by atoms with Gasteiger partial charge in [0.15, 0.2) is 0 Å². The van der Waals surface area contributed by atoms with Crippen LogP contribution in [0.4, 0.5) is 0 Å². The molecular formula is C22H29NO4. The molecule has 27 heavy (non-hydrogen) atoms. The van der Waals surface area contributed by atoms with Crippen LogP contribution in [-0.4, -0.2) is 42.0 Å². The summed E-state index contributed by atoms with van der Waals surface area (Å²) < 4.78 is 5.74. The van der Waals surface area contributed by atoms with E-state index in [0.29, 0.717) is 18.1 Å². The first kappa shape index (κ1) is 20.9. The van der Waals surface area contributed by atoms with Crippen LogP contribution >= 0.6 is 0 Å². The van der Waals surface area contributed by atoms with Crippen molar-refractivity contribution in [3.63, 3.8) is 0 Å². The molecule has 0 heterocycles. The molecule has 0 bridgehead atoms. The standard InChI is InChI=1S/C22H29NO4/c1-4-27-21-8-6-5-7-19(21)16-9-10-20(17(12-16)11-15(2)3)22(26)23-18(13-24)14-25/h5-10,12,15,18,24-25H,4,11,13-14H2,1-3H3,(H,23,26). The first-order valence-electron chi connectivity index (χ1n) is 9.37. The molecule has 5 heteroatoms. The third-order valence-electron chi connectivity index (χ3n) is 4.25. The summed E-state index contributed by atoms with van der Waals surface area (Å²) in [5.74, 6) is 0.900. The van der Waals surface area contributed by atoms with E-state index in [1.165, 1.54) is 0 Å². The van der Waals surface area contributed by atoms with Crippen LogP contribution in [0.1, 0.15) is 36.7 Å². The van der Waals surface area contributed by atoms with Crippen LogP contribution in [0, 0.1) is 5.92 Å². The minimum atomic E-state index is -0.664. The van der Waals surface area contributed by atoms with E-state index in [-0.39, 0.29) is 19.1 Å². The summed E-state index contributed by atoms with van der Waals surface area (Å²) in [4.78, 5) is 12.6. The molecule has 0 spiro atoms. The van der Waals surface area contributed by atoms with Gasteiger partial charge >= 0.3 is 0 Å². The van der Waals surface area contributed by atoms with Gasteiger partial charge in [-0.15, -0.1) is 0 Å². The van der Waals surface area contributed by atoms with Gasteiger partial charge in [-0.25, -0.2) is 0 Å². The molecule has 0 unspecified atom stereocenters. The van der Waals surface area contributed by atoms with E-state index in [9.17, 15) is 15.0 Å². The molecule has 5 nitrogen and oxygen atoms in total. The van der Waals surface area contributed by atoms with Gasteiger partial charge in [-0.3, -0.25) is 4.79 Å². The fourth-order valence-electron chi connectivity index (χ4n) is 2.99. The van der Waals surface area contributed by atoms with Crippen molar-refractivity contribution in [3.05, 3.63) is 53.6 Å². The Kier molecular flexibility index (Phi) is 7.82. The van der Waals surface area contributed by atoms with Crippen LogP contribution in [0.15, 0.2) is 42.5 Å². The number of carbonyl (C=O) groups excluding carboxylic acids is 1. The fraction of sp³-hybridized carbons (Fsp3) is 0.409. The monoisotopic (exact) mass is 371 g/mol. The smallest absolute Gasteiger partial charge is 0.251 e. The molecule has 0 aliphatic heterocycles. The van der Waals surface area contributed by atoms with Gasteiger partial charge in [0.2, 0.25) is 0 Å². The molecule has 2 rings (SSSR count). The van der Waals surface area contributed by atoms with Crippen molar-refractivity contribution >= 4 is 5.91 Å². The number of ether oxygens (including phenoxy) is 1. The van der Waals surface area contributed by atoms with Crippen LogP contribution in [0.3, 0.4) is 0 Å². The maximum absolute atomic E-state index is 12.6. The lowest BCUT2D eigenvalue weighted by Crippen LogP contribution is -2.40. The number of aliphatic hydroxyl groups is 2. The SMILES string of the molecule is CCOc1ccccc1-c1ccc(C(=O)NC(CO)CO)c(CC(C)C)c1. The molecule has 0 saturated heterocycles. The minimum absolute atomic E-state index is 0.289. The van der Waals surface area contributed by atoms with E-state index in [0.717, 1.165) is 28.9 Å². The summed E-state index contributed by atoms with van der Waals surface area (Å²) >= 11 is 0. The molecule has 2 aromatic carbocycles. The Morgan fingerprint density at radius 2 is 1.81 bits per heavy atom. The molecule has 2 aromatic rings. The summed E-state index contributed by atoms with van der Waals surface area (Å²) in [6.45, 7) is 6.13. The number of amides is 1. The van der Waals surface area contributed by atoms with Crippen LogP contribution in [0.5, 0.6) is 5.75 Å². The van der Waals surface area contributed by atoms with Crippen LogP contribution in [0.25, 0.3) is 11.1 Å². The Bertz CT molecular complexity index is 754. The summed E-state index contributed by atoms with van der Waals surface area (Å²) in [6, 6.07) is 12.9. The Morgan fingerprint density at radius 1 is 1.11 bits per heavy atom. The van der Waals surface area contributed by atoms with E-state index in [4.69, 9.17) is 4.74 Å². The van der Waals surface area contributed by atoms with Crippen molar-refractivity contribution in [1.29, 1.82) is 0 Å². The summed E-state index contributed by atoms with van der Waals surface area (Å²) in [5, 5.41) is 21.1. The second-order valence-electron chi connectivity index (χ2n) is 6.93. The normalized spacial score (nSPS) is 11.1. The number of hydrogen-bond donors (Lipinski definition) is 3. The zero-order valence-electron chi connectivity index (χ0n) is 16.2. The van der Waals surface area contributed by atoms with Crippen LogP contribution < -0.4 is 10.1 Å². The van der Waals surface area contributed by atoms with Crippen molar-refractivity contribution < 1.29 is 19.7 Å². The van der Waals surface area contributed by atoms with Gasteiger partial charge in [0, 0.05) is 11.1 Å². The highest BCUT2D eigenvalue weighted by atomic mass is 16.5. The van der Waals surface area contributed by atoms with E-state index in [1.54, 1.807) is 6.07 Å². The Balaban J connectivity index is 2.42. The molecular weight excluding hydrogens is 342 g/mol. The van der Waals surface area contributed by atoms with Crippen LogP contribution in [-0.2, 0) is 6.42 Å². The zero-order valence-corrected chi connectivity index (χ0v) is 16.2. The molecule has 0 aromatic heterocycles. The predicted molar refractivity (Wildman–Crippen MR) is 107 cm³/mol. The quantitative estimate of drug-likeness (QED) is 0.633. The maximum Gasteiger partial charge on any atom is 0.251 e. The number of aliphatic hydroxyl groups excluding tert-OH is 2. The number of rotatable bonds is 9. The van der Waals surface area contributed by atoms with Crippen molar-refractivity contribution in [2.24, 2.45) is 5.92 Å². The van der Waals surface area contributed by atoms with Crippen molar-refractivity contribution in [1.82, 2.24) is 5.32 Å². The zero-order chi connectivity index (χ0) is 19.8. The number of hydrogen-bond acceptors (Lipinski definition) is 4. The molecule has 0 atom stereocenters. The van der Waals surface area contributed by atoms with Gasteiger partial charge in [0.1, 0.15) is 5.75 Å². The topological polar surface area (TPSA) is 78.8 Å². The van der Waals surface area contributed by atoms with Crippen molar-refractivity contribution in [2.75, 3.05) is 19.8 Å². The summed E-state index contributed by atoms with van der Waals surface area (Å²) in [6.07, 6.45) is 0.746. The highest BCUT2D eigenvalue weighted by Gasteiger charge is 2.17. The number of benzene rings is 2. The van der Waals surface area contributed by atoms with Gasteiger partial charge in [-0.1, -0.05) is 44.2 Å². The average molecular weight is 371 g/mol. The maximum atomic E-state index is 12.6. The Morgan fingerprint density at radius 3 is 2.44 bits per heavy atom. The lowest BCUT2D eigenvalue weighted by molar-refractivity contribution is 0.0878. The summed E-state index contributed by atoms with van der Waals surface area (Å²) in [5.41, 5.74) is 3.47. The van der Waals surface area contributed by atoms with Crippen molar-refractivity contribution in [3.8, 4) is 16.9 Å². The molecule has 146 valence electrons. The lowest BCUT2D eigenvalue weighted by atomic mass is 9.93. The van der Waals surface area contributed by atoms with E-state index in [2.05, 4.69) is 19.2 Å². The molecule has 0 fully saturated rings.